The first-order valence-electron chi connectivity index (χ1n) is 2.74. The molecule has 0 rings (SSSR count). The van der Waals surface area contributed by atoms with Crippen LogP contribution in [0.5, 0.6) is 0 Å². The molecule has 0 aliphatic heterocycles. The minimum Gasteiger partial charge on any atom is -0.169 e. The van der Waals surface area contributed by atoms with E-state index in [-0.39, 0.29) is 0 Å². The second kappa shape index (κ2) is 4.07. The van der Waals surface area contributed by atoms with Crippen molar-refractivity contribution in [2.75, 3.05) is 0 Å². The summed E-state index contributed by atoms with van der Waals surface area (Å²) in [6.07, 6.45) is -12.4. The normalized spacial score (nSPS) is 15.2. The Balaban J connectivity index is 5.16. The van der Waals surface area contributed by atoms with Crippen LogP contribution in [0.4, 0.5) is 35.1 Å². The average molecular weight is 287 g/mol. The summed E-state index contributed by atoms with van der Waals surface area (Å²) in [6, 6.07) is 0. The lowest BCUT2D eigenvalue weighted by molar-refractivity contribution is -0.436. The molecular formula is C3Cl2F8N2. The molecule has 0 bridgehead atoms. The van der Waals surface area contributed by atoms with Crippen molar-refractivity contribution < 1.29 is 35.1 Å². The molecule has 0 heterocycles. The van der Waals surface area contributed by atoms with Gasteiger partial charge in [0.15, 0.2) is 0 Å². The van der Waals surface area contributed by atoms with Gasteiger partial charge in [0.1, 0.15) is 0 Å². The van der Waals surface area contributed by atoms with E-state index >= 15 is 0 Å². The molecule has 0 aromatic heterocycles. The molecule has 15 heavy (non-hydrogen) atoms. The van der Waals surface area contributed by atoms with E-state index < -0.39 is 27.6 Å². The quantitative estimate of drug-likeness (QED) is 0.252. The highest BCUT2D eigenvalue weighted by Crippen LogP contribution is 2.41. The van der Waals surface area contributed by atoms with Crippen LogP contribution in [0.15, 0.2) is 0 Å². The van der Waals surface area contributed by atoms with Crippen LogP contribution >= 0.6 is 23.4 Å². The maximum absolute atomic E-state index is 11.9. The average Bonchev–Trinajstić information content (AvgIpc) is 1.76. The van der Waals surface area contributed by atoms with Crippen LogP contribution < -0.4 is 0 Å². The van der Waals surface area contributed by atoms with E-state index in [1.165, 1.54) is 0 Å². The van der Waals surface area contributed by atoms with Crippen molar-refractivity contribution in [2.24, 2.45) is 0 Å². The molecule has 12 heteroatoms. The predicted octanol–water partition coefficient (Wildman–Crippen LogP) is 3.49. The third-order valence-corrected chi connectivity index (χ3v) is 1.48. The first kappa shape index (κ1) is 14.9. The molecule has 0 N–H and O–H groups in total. The van der Waals surface area contributed by atoms with Gasteiger partial charge in [0.25, 0.3) is 0 Å². The topological polar surface area (TPSA) is 6.48 Å². The zero-order chi connectivity index (χ0) is 12.7. The number of rotatable bonds is 2. The molecule has 92 valence electrons. The summed E-state index contributed by atoms with van der Waals surface area (Å²) in [4.78, 5) is 0. The van der Waals surface area contributed by atoms with E-state index in [1.807, 2.05) is 0 Å². The van der Waals surface area contributed by atoms with Crippen molar-refractivity contribution in [3.8, 4) is 0 Å². The highest BCUT2D eigenvalue weighted by atomic mass is 35.5. The van der Waals surface area contributed by atoms with Crippen molar-refractivity contribution in [2.45, 2.75) is 18.1 Å². The summed E-state index contributed by atoms with van der Waals surface area (Å²) < 4.78 is 92.0. The first-order valence-corrected chi connectivity index (χ1v) is 3.46. The molecule has 0 aromatic carbocycles. The molecule has 0 aliphatic carbocycles. The Labute approximate surface area is 87.0 Å². The summed E-state index contributed by atoms with van der Waals surface area (Å²) in [6.45, 7) is 0. The summed E-state index contributed by atoms with van der Waals surface area (Å²) in [7, 11) is 0. The van der Waals surface area contributed by atoms with E-state index in [0.29, 0.717) is 0 Å². The number of hydrogen-bond donors (Lipinski definition) is 0. The molecule has 0 aliphatic rings. The molecule has 0 atom stereocenters. The van der Waals surface area contributed by atoms with Gasteiger partial charge in [-0.3, -0.25) is 0 Å². The Morgan fingerprint density at radius 1 is 0.733 bits per heavy atom. The fraction of sp³-hybridized carbons (Fsp3) is 1.00. The van der Waals surface area contributed by atoms with Gasteiger partial charge in [-0.2, -0.15) is 35.1 Å². The van der Waals surface area contributed by atoms with Gasteiger partial charge in [-0.15, -0.1) is 0 Å². The minimum atomic E-state index is -6.18. The van der Waals surface area contributed by atoms with Crippen molar-refractivity contribution in [1.82, 2.24) is 9.54 Å². The van der Waals surface area contributed by atoms with Gasteiger partial charge in [0.05, 0.1) is 0 Å². The first-order chi connectivity index (χ1) is 6.28. The lowest BCUT2D eigenvalue weighted by Gasteiger charge is -2.33. The van der Waals surface area contributed by atoms with Crippen molar-refractivity contribution in [1.29, 1.82) is 0 Å². The summed E-state index contributed by atoms with van der Waals surface area (Å²) in [5.74, 6) is 0. The number of nitrogens with zero attached hydrogens (tertiary/aromatic N) is 2. The van der Waals surface area contributed by atoms with Gasteiger partial charge in [-0.25, -0.2) is 0 Å². The Bertz CT molecular complexity index is 203. The Morgan fingerprint density at radius 3 is 1.07 bits per heavy atom. The molecule has 0 amide bonds. The number of hydrazine groups is 1. The standard InChI is InChI=1S/C3Cl2F8N2/c4-1(6,7)15(5)14(2(8,9)10)3(11,12)13. The van der Waals surface area contributed by atoms with E-state index in [1.54, 1.807) is 0 Å². The third kappa shape index (κ3) is 4.13. The molecule has 0 radical (unpaired) electrons. The molecule has 0 fully saturated rings. The number of alkyl halides is 9. The summed E-state index contributed by atoms with van der Waals surface area (Å²) in [5, 5.41) is -2.66. The van der Waals surface area contributed by atoms with Crippen molar-refractivity contribution >= 4 is 23.4 Å². The molecule has 0 saturated heterocycles. The van der Waals surface area contributed by atoms with Crippen LogP contribution in [-0.4, -0.2) is 27.6 Å². The maximum Gasteiger partial charge on any atom is 0.482 e. The van der Waals surface area contributed by atoms with Gasteiger partial charge in [0, 0.05) is 11.8 Å². The molecule has 0 aromatic rings. The summed E-state index contributed by atoms with van der Waals surface area (Å²) >= 11 is 8.04. The molecular weight excluding hydrogens is 287 g/mol. The van der Waals surface area contributed by atoms with Crippen LogP contribution in [0.3, 0.4) is 0 Å². The summed E-state index contributed by atoms with van der Waals surface area (Å²) in [5.41, 5.74) is -5.05. The van der Waals surface area contributed by atoms with Gasteiger partial charge in [-0.05, 0) is 16.6 Å². The minimum absolute atomic E-state index is 1.99. The van der Waals surface area contributed by atoms with Crippen LogP contribution in [0, 0.1) is 0 Å². The van der Waals surface area contributed by atoms with Gasteiger partial charge < -0.3 is 0 Å². The second-order valence-corrected chi connectivity index (χ2v) is 2.75. The molecule has 0 unspecified atom stereocenters. The van der Waals surface area contributed by atoms with E-state index in [2.05, 4.69) is 23.4 Å². The zero-order valence-electron chi connectivity index (χ0n) is 6.17. The van der Waals surface area contributed by atoms with E-state index in [9.17, 15) is 35.1 Å². The van der Waals surface area contributed by atoms with Crippen molar-refractivity contribution in [3.05, 3.63) is 0 Å². The lowest BCUT2D eigenvalue weighted by Crippen LogP contribution is -2.58. The van der Waals surface area contributed by atoms with Crippen LogP contribution in [0.2, 0.25) is 0 Å². The monoisotopic (exact) mass is 286 g/mol. The zero-order valence-corrected chi connectivity index (χ0v) is 7.69. The van der Waals surface area contributed by atoms with Gasteiger partial charge >= 0.3 is 18.1 Å². The fourth-order valence-corrected chi connectivity index (χ4v) is 0.703. The third-order valence-electron chi connectivity index (χ3n) is 0.865. The van der Waals surface area contributed by atoms with Crippen molar-refractivity contribution in [3.63, 3.8) is 0 Å². The van der Waals surface area contributed by atoms with Gasteiger partial charge in [-0.1, -0.05) is 4.53 Å². The Hall–Kier alpha value is -0.0600. The second-order valence-electron chi connectivity index (χ2n) is 1.98. The fourth-order valence-electron chi connectivity index (χ4n) is 0.456. The van der Waals surface area contributed by atoms with Crippen LogP contribution in [0.1, 0.15) is 0 Å². The van der Waals surface area contributed by atoms with E-state index in [4.69, 9.17) is 0 Å². The lowest BCUT2D eigenvalue weighted by atomic mass is 10.9. The van der Waals surface area contributed by atoms with E-state index in [0.717, 1.165) is 0 Å². The van der Waals surface area contributed by atoms with Crippen LogP contribution in [-0.2, 0) is 0 Å². The molecule has 0 saturated carbocycles. The molecule has 2 nitrogen and oxygen atoms in total. The number of hydrogen-bond acceptors (Lipinski definition) is 2. The molecule has 0 spiro atoms. The largest absolute Gasteiger partial charge is 0.482 e. The predicted molar refractivity (Wildman–Crippen MR) is 32.4 cm³/mol. The van der Waals surface area contributed by atoms with Crippen LogP contribution in [0.25, 0.3) is 0 Å². The highest BCUT2D eigenvalue weighted by Gasteiger charge is 2.62. The maximum atomic E-state index is 11.9. The Kier molecular flexibility index (Phi) is 4.06. The van der Waals surface area contributed by atoms with Gasteiger partial charge in [0.2, 0.25) is 0 Å². The SMILES string of the molecule is FC(F)(F)N(N(Cl)C(F)(F)Cl)C(F)(F)F. The Morgan fingerprint density at radius 2 is 1.00 bits per heavy atom. The number of halogens is 10. The highest BCUT2D eigenvalue weighted by molar-refractivity contribution is 6.25. The smallest absolute Gasteiger partial charge is 0.169 e.